The lowest BCUT2D eigenvalue weighted by molar-refractivity contribution is 0.442. The molecule has 0 spiro atoms. The molecule has 0 radical (unpaired) electrons. The van der Waals surface area contributed by atoms with Crippen LogP contribution in [0.1, 0.15) is 5.56 Å². The van der Waals surface area contributed by atoms with Crippen molar-refractivity contribution in [3.63, 3.8) is 0 Å². The minimum atomic E-state index is 0.864. The highest BCUT2D eigenvalue weighted by Crippen LogP contribution is 2.15. The summed E-state index contributed by atoms with van der Waals surface area (Å²) in [6.07, 6.45) is 1.92. The molecule has 0 saturated heterocycles. The van der Waals surface area contributed by atoms with Crippen molar-refractivity contribution in [1.29, 1.82) is 0 Å². The first-order chi connectivity index (χ1) is 6.75. The first-order valence-corrected chi connectivity index (χ1v) is 5.50. The highest BCUT2D eigenvalue weighted by atomic mass is 79.9. The molecular formula is C9H7Br2N3. The lowest BCUT2D eigenvalue weighted by Crippen LogP contribution is -2.27. The van der Waals surface area contributed by atoms with Crippen molar-refractivity contribution in [2.24, 2.45) is 5.10 Å². The van der Waals surface area contributed by atoms with Gasteiger partial charge < -0.3 is 0 Å². The molecular weight excluding hydrogens is 310 g/mol. The Morgan fingerprint density at radius 1 is 1.21 bits per heavy atom. The Kier molecular flexibility index (Phi) is 2.88. The van der Waals surface area contributed by atoms with Crippen LogP contribution < -0.4 is 5.43 Å². The van der Waals surface area contributed by atoms with Crippen molar-refractivity contribution < 1.29 is 0 Å². The fourth-order valence-electron chi connectivity index (χ4n) is 1.14. The van der Waals surface area contributed by atoms with E-state index in [1.54, 1.807) is 0 Å². The largest absolute Gasteiger partial charge is 0.265 e. The monoisotopic (exact) mass is 315 g/mol. The molecule has 3 nitrogen and oxygen atoms in total. The van der Waals surface area contributed by atoms with Gasteiger partial charge in [0.25, 0.3) is 0 Å². The lowest BCUT2D eigenvalue weighted by atomic mass is 10.1. The molecule has 0 atom stereocenters. The summed E-state index contributed by atoms with van der Waals surface area (Å²) in [5.41, 5.74) is 4.89. The van der Waals surface area contributed by atoms with Crippen molar-refractivity contribution in [3.05, 3.63) is 46.6 Å². The standard InChI is InChI=1S/C9H7Br2N3/c10-9-6-8(12-14(11)13-9)7-4-2-1-3-5-7/h1-6,13H. The highest BCUT2D eigenvalue weighted by molar-refractivity contribution is 9.11. The van der Waals surface area contributed by atoms with Crippen LogP contribution in [-0.2, 0) is 0 Å². The Balaban J connectivity index is 2.36. The molecule has 14 heavy (non-hydrogen) atoms. The van der Waals surface area contributed by atoms with Crippen LogP contribution in [0.2, 0.25) is 0 Å². The van der Waals surface area contributed by atoms with E-state index in [1.165, 1.54) is 4.14 Å². The topological polar surface area (TPSA) is 27.6 Å². The van der Waals surface area contributed by atoms with Crippen LogP contribution in [0.15, 0.2) is 46.1 Å². The van der Waals surface area contributed by atoms with Gasteiger partial charge in [0, 0.05) is 5.56 Å². The zero-order valence-electron chi connectivity index (χ0n) is 7.11. The van der Waals surface area contributed by atoms with Crippen LogP contribution in [0.4, 0.5) is 0 Å². The number of hydrazine groups is 1. The molecule has 0 aliphatic carbocycles. The molecule has 1 aliphatic heterocycles. The zero-order valence-corrected chi connectivity index (χ0v) is 10.3. The van der Waals surface area contributed by atoms with E-state index in [-0.39, 0.29) is 0 Å². The van der Waals surface area contributed by atoms with Crippen molar-refractivity contribution in [2.45, 2.75) is 0 Å². The van der Waals surface area contributed by atoms with Crippen LogP contribution in [0.3, 0.4) is 0 Å². The minimum absolute atomic E-state index is 0.864. The SMILES string of the molecule is BrC1=CC(c2ccccc2)=NN(Br)N1. The van der Waals surface area contributed by atoms with E-state index < -0.39 is 0 Å². The van der Waals surface area contributed by atoms with E-state index in [9.17, 15) is 0 Å². The van der Waals surface area contributed by atoms with E-state index in [2.05, 4.69) is 42.6 Å². The third-order valence-corrected chi connectivity index (χ3v) is 2.47. The molecule has 0 bridgehead atoms. The number of halogens is 2. The van der Waals surface area contributed by atoms with Crippen molar-refractivity contribution in [1.82, 2.24) is 9.57 Å². The van der Waals surface area contributed by atoms with Gasteiger partial charge in [-0.15, -0.1) is 9.25 Å². The predicted molar refractivity (Wildman–Crippen MR) is 63.9 cm³/mol. The molecule has 1 heterocycles. The fourth-order valence-corrected chi connectivity index (χ4v) is 2.12. The summed E-state index contributed by atoms with van der Waals surface area (Å²) in [7, 11) is 0. The summed E-state index contributed by atoms with van der Waals surface area (Å²) in [5.74, 6) is 0. The third kappa shape index (κ3) is 2.16. The van der Waals surface area contributed by atoms with E-state index in [1.807, 2.05) is 36.4 Å². The molecule has 1 aromatic rings. The van der Waals surface area contributed by atoms with Gasteiger partial charge in [-0.2, -0.15) is 0 Å². The second kappa shape index (κ2) is 4.14. The Bertz CT molecular complexity index is 386. The van der Waals surface area contributed by atoms with Gasteiger partial charge in [-0.05, 0) is 22.0 Å². The van der Waals surface area contributed by atoms with Gasteiger partial charge in [0.1, 0.15) is 4.61 Å². The third-order valence-electron chi connectivity index (χ3n) is 1.73. The zero-order chi connectivity index (χ0) is 9.97. The van der Waals surface area contributed by atoms with Crippen molar-refractivity contribution in [3.8, 4) is 0 Å². The van der Waals surface area contributed by atoms with E-state index in [4.69, 9.17) is 0 Å². The van der Waals surface area contributed by atoms with Crippen LogP contribution in [-0.4, -0.2) is 9.86 Å². The Labute approximate surface area is 98.9 Å². The Hall–Kier alpha value is -0.810. The molecule has 0 aromatic heterocycles. The van der Waals surface area contributed by atoms with Gasteiger partial charge in [0.2, 0.25) is 0 Å². The number of rotatable bonds is 1. The molecule has 0 saturated carbocycles. The number of hydrazone groups is 1. The smallest absolute Gasteiger partial charge is 0.102 e. The number of hydrogen-bond donors (Lipinski definition) is 1. The van der Waals surface area contributed by atoms with Gasteiger partial charge >= 0.3 is 0 Å². The van der Waals surface area contributed by atoms with Crippen LogP contribution in [0.5, 0.6) is 0 Å². The molecule has 0 fully saturated rings. The van der Waals surface area contributed by atoms with Gasteiger partial charge in [-0.25, -0.2) is 0 Å². The van der Waals surface area contributed by atoms with Gasteiger partial charge in [-0.1, -0.05) is 30.3 Å². The summed E-state index contributed by atoms with van der Waals surface area (Å²) in [6, 6.07) is 9.99. The first-order valence-electron chi connectivity index (χ1n) is 3.99. The van der Waals surface area contributed by atoms with Crippen molar-refractivity contribution >= 4 is 37.8 Å². The maximum atomic E-state index is 4.25. The lowest BCUT2D eigenvalue weighted by Gasteiger charge is -2.18. The van der Waals surface area contributed by atoms with Gasteiger partial charge in [0.05, 0.1) is 21.9 Å². The molecule has 1 N–H and O–H groups in total. The Morgan fingerprint density at radius 2 is 1.93 bits per heavy atom. The maximum absolute atomic E-state index is 4.25. The second-order valence-electron chi connectivity index (χ2n) is 2.72. The summed E-state index contributed by atoms with van der Waals surface area (Å²) in [5, 5.41) is 4.25. The number of nitrogens with one attached hydrogen (secondary N) is 1. The Morgan fingerprint density at radius 3 is 2.57 bits per heavy atom. The molecule has 2 rings (SSSR count). The summed E-state index contributed by atoms with van der Waals surface area (Å²) >= 11 is 6.59. The van der Waals surface area contributed by atoms with E-state index >= 15 is 0 Å². The number of benzene rings is 1. The highest BCUT2D eigenvalue weighted by Gasteiger charge is 2.09. The second-order valence-corrected chi connectivity index (χ2v) is 4.24. The summed E-state index contributed by atoms with van der Waals surface area (Å²) in [4.78, 5) is 0. The minimum Gasteiger partial charge on any atom is -0.265 e. The summed E-state index contributed by atoms with van der Waals surface area (Å²) in [6.45, 7) is 0. The molecule has 1 aromatic carbocycles. The predicted octanol–water partition coefficient (Wildman–Crippen LogP) is 2.76. The normalized spacial score (nSPS) is 15.7. The fraction of sp³-hybridized carbons (Fsp3) is 0. The molecule has 0 unspecified atom stereocenters. The average Bonchev–Trinajstić information content (AvgIpc) is 2.18. The number of hydrogen-bond acceptors (Lipinski definition) is 3. The average molecular weight is 317 g/mol. The molecule has 5 heteroatoms. The van der Waals surface area contributed by atoms with Crippen LogP contribution in [0.25, 0.3) is 0 Å². The van der Waals surface area contributed by atoms with Crippen LogP contribution in [0, 0.1) is 0 Å². The number of nitrogens with zero attached hydrogens (tertiary/aromatic N) is 2. The van der Waals surface area contributed by atoms with Gasteiger partial charge in [-0.3, -0.25) is 5.43 Å². The maximum Gasteiger partial charge on any atom is 0.102 e. The molecule has 1 aliphatic rings. The summed E-state index contributed by atoms with van der Waals surface area (Å²) < 4.78 is 2.35. The molecule has 0 amide bonds. The number of allylic oxidation sites excluding steroid dienone is 1. The van der Waals surface area contributed by atoms with Gasteiger partial charge in [0.15, 0.2) is 0 Å². The van der Waals surface area contributed by atoms with E-state index in [0.717, 1.165) is 15.9 Å². The molecule has 72 valence electrons. The van der Waals surface area contributed by atoms with E-state index in [0.29, 0.717) is 0 Å². The first kappa shape index (κ1) is 9.73. The van der Waals surface area contributed by atoms with Crippen molar-refractivity contribution in [2.75, 3.05) is 0 Å². The van der Waals surface area contributed by atoms with Crippen LogP contribution >= 0.6 is 32.1 Å². The quantitative estimate of drug-likeness (QED) is 0.637.